The molecule has 13 heteroatoms. The van der Waals surface area contributed by atoms with E-state index in [4.69, 9.17) is 7.79 Å². The van der Waals surface area contributed by atoms with E-state index in [1.54, 1.807) is 12.1 Å². The predicted molar refractivity (Wildman–Crippen MR) is 118 cm³/mol. The molecule has 0 saturated carbocycles. The molecule has 0 bridgehead atoms. The molecule has 1 aromatic heterocycles. The van der Waals surface area contributed by atoms with Crippen LogP contribution in [0.2, 0.25) is 0 Å². The number of carbonyl (C=O) groups excluding carboxylic acids is 2. The smallest absolute Gasteiger partial charge is 0.352 e. The number of terminal acetylenes is 1. The van der Waals surface area contributed by atoms with Gasteiger partial charge in [0.15, 0.2) is 6.10 Å². The van der Waals surface area contributed by atoms with Gasteiger partial charge < -0.3 is 15.5 Å². The van der Waals surface area contributed by atoms with Crippen molar-refractivity contribution in [2.45, 2.75) is 29.2 Å². The molecule has 2 aliphatic rings. The molecule has 2 aromatic rings. The fraction of sp³-hybridized carbons (Fsp3) is 0.300. The van der Waals surface area contributed by atoms with Gasteiger partial charge in [0.25, 0.3) is 11.8 Å². The van der Waals surface area contributed by atoms with Crippen LogP contribution in [0.5, 0.6) is 0 Å². The zero-order valence-electron chi connectivity index (χ0n) is 17.9. The number of aliphatic carboxylic acids is 1. The second kappa shape index (κ2) is 9.65. The number of aromatic nitrogens is 4. The molecule has 1 fully saturated rings. The second-order valence-electron chi connectivity index (χ2n) is 6.99. The van der Waals surface area contributed by atoms with Crippen LogP contribution in [0.4, 0.5) is 0 Å². The van der Waals surface area contributed by atoms with Crippen molar-refractivity contribution in [1.82, 2.24) is 30.4 Å². The zero-order valence-corrected chi connectivity index (χ0v) is 18.5. The van der Waals surface area contributed by atoms with Gasteiger partial charge in [0.2, 0.25) is 5.16 Å². The van der Waals surface area contributed by atoms with Gasteiger partial charge in [0, 0.05) is 11.5 Å². The summed E-state index contributed by atoms with van der Waals surface area (Å²) in [5, 5.41) is 33.6. The lowest BCUT2D eigenvalue weighted by Gasteiger charge is -2.49. The molecule has 11 nitrogen and oxygen atoms in total. The highest BCUT2D eigenvalue weighted by Crippen LogP contribution is 2.41. The van der Waals surface area contributed by atoms with E-state index < -0.39 is 35.3 Å². The number of nitrogens with one attached hydrogen (secondary N) is 1. The first-order valence-electron chi connectivity index (χ1n) is 10.1. The van der Waals surface area contributed by atoms with E-state index in [9.17, 15) is 24.6 Å². The van der Waals surface area contributed by atoms with Crippen LogP contribution in [0, 0.1) is 12.3 Å². The average Bonchev–Trinajstić information content (AvgIpc) is 3.27. The van der Waals surface area contributed by atoms with Gasteiger partial charge >= 0.3 is 5.97 Å². The van der Waals surface area contributed by atoms with Crippen LogP contribution in [0.15, 0.2) is 46.7 Å². The molecule has 3 N–H and O–H groups in total. The van der Waals surface area contributed by atoms with Crippen molar-refractivity contribution in [2.24, 2.45) is 0 Å². The third kappa shape index (κ3) is 4.45. The van der Waals surface area contributed by atoms with Gasteiger partial charge in [0.05, 0.1) is 1.37 Å². The highest BCUT2D eigenvalue weighted by atomic mass is 32.2. The van der Waals surface area contributed by atoms with Gasteiger partial charge in [-0.1, -0.05) is 48.0 Å². The van der Waals surface area contributed by atoms with E-state index >= 15 is 0 Å². The van der Waals surface area contributed by atoms with E-state index in [1.807, 2.05) is 0 Å². The Hall–Kier alpha value is -3.34. The summed E-state index contributed by atoms with van der Waals surface area (Å²) >= 11 is 2.51. The number of hydrogen-bond donors (Lipinski definition) is 3. The van der Waals surface area contributed by atoms with Crippen LogP contribution in [-0.4, -0.2) is 76.0 Å². The summed E-state index contributed by atoms with van der Waals surface area (Å²) in [6.45, 7) is 0.166. The summed E-state index contributed by atoms with van der Waals surface area (Å²) in [6, 6.07) is 5.08. The number of carboxylic acids is 1. The van der Waals surface area contributed by atoms with E-state index in [1.165, 1.54) is 40.3 Å². The molecule has 3 atom stereocenters. The highest BCUT2D eigenvalue weighted by Gasteiger charge is 2.54. The third-order valence-corrected chi connectivity index (χ3v) is 7.32. The van der Waals surface area contributed by atoms with Crippen molar-refractivity contribution in [2.75, 3.05) is 11.5 Å². The molecular formula is C20H18N6O5S2. The number of fused-ring (bicyclic) bond motifs is 1. The number of rotatable bonds is 8. The van der Waals surface area contributed by atoms with Crippen molar-refractivity contribution in [3.63, 3.8) is 0 Å². The number of thioether (sulfide) groups is 2. The monoisotopic (exact) mass is 487 g/mol. The Morgan fingerprint density at radius 2 is 2.27 bits per heavy atom. The maximum absolute atomic E-state index is 12.8. The summed E-state index contributed by atoms with van der Waals surface area (Å²) in [6.07, 6.45) is 3.66. The van der Waals surface area contributed by atoms with Gasteiger partial charge in [-0.25, -0.2) is 9.48 Å². The van der Waals surface area contributed by atoms with Crippen LogP contribution in [0.1, 0.15) is 13.0 Å². The van der Waals surface area contributed by atoms with Crippen molar-refractivity contribution in [3.05, 3.63) is 47.1 Å². The Kier molecular flexibility index (Phi) is 6.29. The van der Waals surface area contributed by atoms with Crippen LogP contribution >= 0.6 is 23.5 Å². The number of carbonyl (C=O) groups is 3. The molecule has 0 aliphatic carbocycles. The Bertz CT molecular complexity index is 1230. The highest BCUT2D eigenvalue weighted by molar-refractivity contribution is 8.01. The van der Waals surface area contributed by atoms with Crippen LogP contribution < -0.4 is 5.32 Å². The number of nitrogens with zero attached hydrogens (tertiary/aromatic N) is 5. The van der Waals surface area contributed by atoms with E-state index in [0.29, 0.717) is 16.5 Å². The van der Waals surface area contributed by atoms with Crippen LogP contribution in [0.25, 0.3) is 0 Å². The molecule has 0 radical (unpaired) electrons. The fourth-order valence-corrected chi connectivity index (χ4v) is 5.74. The Labute approximate surface area is 198 Å². The summed E-state index contributed by atoms with van der Waals surface area (Å²) in [5.74, 6) is 0.284. The van der Waals surface area contributed by atoms with Gasteiger partial charge in [-0.05, 0) is 21.6 Å². The van der Waals surface area contributed by atoms with E-state index in [0.717, 1.165) is 4.90 Å². The van der Waals surface area contributed by atoms with E-state index in [-0.39, 0.29) is 29.6 Å². The summed E-state index contributed by atoms with van der Waals surface area (Å²) < 4.78 is 9.24. The normalized spacial score (nSPS) is 20.9. The topological polar surface area (TPSA) is 151 Å². The number of hydrogen-bond acceptors (Lipinski definition) is 9. The average molecular weight is 488 g/mol. The number of aliphatic hydroxyl groups is 1. The molecular weight excluding hydrogens is 468 g/mol. The number of amides is 2. The number of benzene rings is 1. The Morgan fingerprint density at radius 3 is 3.00 bits per heavy atom. The quantitative estimate of drug-likeness (QED) is 0.261. The van der Waals surface area contributed by atoms with Crippen molar-refractivity contribution < 1.29 is 26.0 Å². The second-order valence-corrected chi connectivity index (χ2v) is 9.03. The fourth-order valence-electron chi connectivity index (χ4n) is 3.38. The van der Waals surface area contributed by atoms with Gasteiger partial charge in [-0.15, -0.1) is 23.3 Å². The Morgan fingerprint density at radius 1 is 1.45 bits per heavy atom. The SMILES string of the molecule is [2H]c1ccccc1C(O)C(=O)NC1C(=O)N2C(C(=O)O)=C(CSc3nnnn3CC#C)CS[C@H]12. The lowest BCUT2D eigenvalue weighted by Crippen LogP contribution is -2.70. The van der Waals surface area contributed by atoms with Crippen molar-refractivity contribution in [1.29, 1.82) is 0 Å². The first-order chi connectivity index (χ1) is 16.3. The first kappa shape index (κ1) is 21.5. The number of β-lactam (4-membered cyclic amide) rings is 1. The maximum atomic E-state index is 12.8. The molecule has 0 spiro atoms. The molecule has 1 saturated heterocycles. The third-order valence-electron chi connectivity index (χ3n) is 4.94. The largest absolute Gasteiger partial charge is 0.477 e. The minimum Gasteiger partial charge on any atom is -0.477 e. The number of carboxylic acid groups (broad SMARTS) is 1. The van der Waals surface area contributed by atoms with Gasteiger partial charge in [0.1, 0.15) is 23.7 Å². The summed E-state index contributed by atoms with van der Waals surface area (Å²) in [5.41, 5.74) is 0.479. The van der Waals surface area contributed by atoms with Crippen molar-refractivity contribution >= 4 is 41.3 Å². The number of tetrazole rings is 1. The van der Waals surface area contributed by atoms with Gasteiger partial charge in [-0.2, -0.15) is 0 Å². The molecule has 2 amide bonds. The maximum Gasteiger partial charge on any atom is 0.352 e. The zero-order chi connectivity index (χ0) is 24.4. The molecule has 33 heavy (non-hydrogen) atoms. The summed E-state index contributed by atoms with van der Waals surface area (Å²) in [4.78, 5) is 38.5. The standard InChI is InChI=1S/C20H18N6O5S2/c1-2-8-25-20(22-23-24-25)33-10-12-9-32-18-13(17(29)26(18)14(12)19(30)31)21-16(28)15(27)11-6-4-3-5-7-11/h1,3-7,13,15,18,27H,8-10H2,(H,21,28)(H,30,31)/t13?,15?,18-/m1/s1/i6D. The lowest BCUT2D eigenvalue weighted by molar-refractivity contribution is -0.151. The Balaban J connectivity index is 1.46. The molecule has 2 aliphatic heterocycles. The summed E-state index contributed by atoms with van der Waals surface area (Å²) in [7, 11) is 0. The van der Waals surface area contributed by atoms with Gasteiger partial charge in [-0.3, -0.25) is 14.5 Å². The number of aliphatic hydroxyl groups excluding tert-OH is 1. The predicted octanol–water partition coefficient (Wildman–Crippen LogP) is -0.129. The molecule has 4 rings (SSSR count). The van der Waals surface area contributed by atoms with Crippen LogP contribution in [-0.2, 0) is 20.9 Å². The molecule has 1 aromatic carbocycles. The van der Waals surface area contributed by atoms with E-state index in [2.05, 4.69) is 26.8 Å². The minimum absolute atomic E-state index is 0.00901. The lowest BCUT2D eigenvalue weighted by atomic mass is 10.0. The van der Waals surface area contributed by atoms with Crippen LogP contribution in [0.3, 0.4) is 0 Å². The van der Waals surface area contributed by atoms with Crippen molar-refractivity contribution in [3.8, 4) is 12.3 Å². The molecule has 2 unspecified atom stereocenters. The minimum atomic E-state index is -1.63. The molecule has 3 heterocycles. The molecule has 170 valence electrons. The first-order valence-corrected chi connectivity index (χ1v) is 11.6.